The van der Waals surface area contributed by atoms with Crippen LogP contribution in [0.15, 0.2) is 47.5 Å². The maximum atomic E-state index is 12.0. The summed E-state index contributed by atoms with van der Waals surface area (Å²) in [4.78, 5) is 29.0. The van der Waals surface area contributed by atoms with E-state index in [9.17, 15) is 9.59 Å². The van der Waals surface area contributed by atoms with Crippen LogP contribution in [0, 0.1) is 5.41 Å². The van der Waals surface area contributed by atoms with Gasteiger partial charge < -0.3 is 10.6 Å². The lowest BCUT2D eigenvalue weighted by Crippen LogP contribution is -2.19. The van der Waals surface area contributed by atoms with Crippen LogP contribution < -0.4 is 10.6 Å². The highest BCUT2D eigenvalue weighted by Gasteiger charge is 2.16. The number of nitrogens with one attached hydrogen (secondary N) is 2. The largest absolute Gasteiger partial charge is 0.326 e. The van der Waals surface area contributed by atoms with Crippen LogP contribution in [-0.2, 0) is 9.59 Å². The molecule has 0 aliphatic carbocycles. The highest BCUT2D eigenvalue weighted by molar-refractivity contribution is 8.00. The molecule has 0 aliphatic heterocycles. The smallest absolute Gasteiger partial charge is 0.235 e. The molecule has 1 heterocycles. The Morgan fingerprint density at radius 3 is 2.54 bits per heavy atom. The van der Waals surface area contributed by atoms with Crippen molar-refractivity contribution in [3.63, 3.8) is 0 Å². The standard InChI is InChI=1S/C19H22ClN3O2S/c1-19(2,3)10-17(24)22-14-5-4-6-15(9-14)26-12-18(25)23-16-8-7-13(20)11-21-16/h4-9,11H,10,12H2,1-3H3,(H,22,24)(H,21,23,25). The molecule has 5 nitrogen and oxygen atoms in total. The number of amides is 2. The molecule has 0 bridgehead atoms. The molecule has 0 saturated heterocycles. The summed E-state index contributed by atoms with van der Waals surface area (Å²) in [6, 6.07) is 10.8. The third kappa shape index (κ3) is 7.45. The number of halogens is 1. The Morgan fingerprint density at radius 2 is 1.88 bits per heavy atom. The van der Waals surface area contributed by atoms with Crippen LogP contribution in [-0.4, -0.2) is 22.6 Å². The van der Waals surface area contributed by atoms with Crippen LogP contribution in [0.1, 0.15) is 27.2 Å². The number of rotatable bonds is 6. The van der Waals surface area contributed by atoms with E-state index < -0.39 is 0 Å². The van der Waals surface area contributed by atoms with Crippen molar-refractivity contribution in [1.29, 1.82) is 0 Å². The second-order valence-corrected chi connectivity index (χ2v) is 8.50. The Labute approximate surface area is 162 Å². The zero-order valence-corrected chi connectivity index (χ0v) is 16.6. The summed E-state index contributed by atoms with van der Waals surface area (Å²) in [5.74, 6) is 0.519. The number of nitrogens with zero attached hydrogens (tertiary/aromatic N) is 1. The zero-order chi connectivity index (χ0) is 19.2. The molecule has 0 aliphatic rings. The second-order valence-electron chi connectivity index (χ2n) is 7.01. The minimum atomic E-state index is -0.160. The lowest BCUT2D eigenvalue weighted by Gasteiger charge is -2.17. The molecule has 0 unspecified atom stereocenters. The van der Waals surface area contributed by atoms with Crippen molar-refractivity contribution in [3.8, 4) is 0 Å². The van der Waals surface area contributed by atoms with E-state index in [2.05, 4.69) is 15.6 Å². The molecule has 7 heteroatoms. The second kappa shape index (κ2) is 9.05. The summed E-state index contributed by atoms with van der Waals surface area (Å²) >= 11 is 7.15. The fraction of sp³-hybridized carbons (Fsp3) is 0.316. The van der Waals surface area contributed by atoms with Gasteiger partial charge in [0.2, 0.25) is 11.8 Å². The maximum absolute atomic E-state index is 12.0. The van der Waals surface area contributed by atoms with Crippen molar-refractivity contribution < 1.29 is 9.59 Å². The molecular weight excluding hydrogens is 370 g/mol. The van der Waals surface area contributed by atoms with E-state index in [1.165, 1.54) is 18.0 Å². The molecule has 2 aromatic rings. The molecule has 1 aromatic carbocycles. The van der Waals surface area contributed by atoms with Gasteiger partial charge in [-0.25, -0.2) is 4.98 Å². The average Bonchev–Trinajstić information content (AvgIpc) is 2.54. The first-order valence-corrected chi connectivity index (χ1v) is 9.52. The molecule has 2 N–H and O–H groups in total. The summed E-state index contributed by atoms with van der Waals surface area (Å²) in [6.07, 6.45) is 1.93. The van der Waals surface area contributed by atoms with Gasteiger partial charge in [0, 0.05) is 23.2 Å². The highest BCUT2D eigenvalue weighted by atomic mass is 35.5. The summed E-state index contributed by atoms with van der Waals surface area (Å²) < 4.78 is 0. The first-order valence-electron chi connectivity index (χ1n) is 8.15. The molecule has 2 rings (SSSR count). The van der Waals surface area contributed by atoms with Crippen molar-refractivity contribution in [2.75, 3.05) is 16.4 Å². The van der Waals surface area contributed by atoms with Crippen molar-refractivity contribution in [1.82, 2.24) is 4.98 Å². The lowest BCUT2D eigenvalue weighted by molar-refractivity contribution is -0.118. The maximum Gasteiger partial charge on any atom is 0.235 e. The van der Waals surface area contributed by atoms with Gasteiger partial charge in [0.05, 0.1) is 10.8 Å². The number of hydrogen-bond donors (Lipinski definition) is 2. The molecule has 0 fully saturated rings. The molecule has 26 heavy (non-hydrogen) atoms. The number of hydrogen-bond acceptors (Lipinski definition) is 4. The predicted molar refractivity (Wildman–Crippen MR) is 108 cm³/mol. The Hall–Kier alpha value is -2.05. The molecule has 0 radical (unpaired) electrons. The van der Waals surface area contributed by atoms with Crippen LogP contribution in [0.3, 0.4) is 0 Å². The van der Waals surface area contributed by atoms with Crippen LogP contribution in [0.25, 0.3) is 0 Å². The molecule has 2 amide bonds. The van der Waals surface area contributed by atoms with Crippen LogP contribution in [0.2, 0.25) is 5.02 Å². The van der Waals surface area contributed by atoms with E-state index in [4.69, 9.17) is 11.6 Å². The molecular formula is C19H22ClN3O2S. The molecule has 138 valence electrons. The van der Waals surface area contributed by atoms with Gasteiger partial charge in [-0.05, 0) is 35.7 Å². The van der Waals surface area contributed by atoms with Crippen molar-refractivity contribution in [2.24, 2.45) is 5.41 Å². The van der Waals surface area contributed by atoms with Gasteiger partial charge in [-0.15, -0.1) is 11.8 Å². The molecule has 0 atom stereocenters. The van der Waals surface area contributed by atoms with E-state index in [1.54, 1.807) is 12.1 Å². The van der Waals surface area contributed by atoms with Gasteiger partial charge in [0.1, 0.15) is 5.82 Å². The number of anilines is 2. The Balaban J connectivity index is 1.86. The third-order valence-corrected chi connectivity index (χ3v) is 4.39. The lowest BCUT2D eigenvalue weighted by atomic mass is 9.92. The van der Waals surface area contributed by atoms with Crippen LogP contribution >= 0.6 is 23.4 Å². The monoisotopic (exact) mass is 391 g/mol. The Kier molecular flexibility index (Phi) is 7.06. The van der Waals surface area contributed by atoms with E-state index in [1.807, 2.05) is 45.0 Å². The van der Waals surface area contributed by atoms with Gasteiger partial charge in [0.25, 0.3) is 0 Å². The highest BCUT2D eigenvalue weighted by Crippen LogP contribution is 2.24. The first kappa shape index (κ1) is 20.3. The fourth-order valence-electron chi connectivity index (χ4n) is 2.13. The number of benzene rings is 1. The first-order chi connectivity index (χ1) is 12.2. The zero-order valence-electron chi connectivity index (χ0n) is 15.0. The Bertz CT molecular complexity index is 773. The fourth-order valence-corrected chi connectivity index (χ4v) is 2.99. The van der Waals surface area contributed by atoms with Gasteiger partial charge in [-0.3, -0.25) is 9.59 Å². The Morgan fingerprint density at radius 1 is 1.12 bits per heavy atom. The number of thioether (sulfide) groups is 1. The van der Waals surface area contributed by atoms with Gasteiger partial charge in [-0.2, -0.15) is 0 Å². The SMILES string of the molecule is CC(C)(C)CC(=O)Nc1cccc(SCC(=O)Nc2ccc(Cl)cn2)c1. The van der Waals surface area contributed by atoms with Crippen LogP contribution in [0.5, 0.6) is 0 Å². The van der Waals surface area contributed by atoms with Gasteiger partial charge >= 0.3 is 0 Å². The number of pyridine rings is 1. The number of aromatic nitrogens is 1. The minimum absolute atomic E-state index is 0.0220. The molecule has 1 aromatic heterocycles. The summed E-state index contributed by atoms with van der Waals surface area (Å²) in [6.45, 7) is 6.06. The molecule has 0 spiro atoms. The van der Waals surface area contributed by atoms with Crippen molar-refractivity contribution in [3.05, 3.63) is 47.6 Å². The average molecular weight is 392 g/mol. The van der Waals surface area contributed by atoms with Gasteiger partial charge in [-0.1, -0.05) is 38.4 Å². The molecule has 0 saturated carbocycles. The summed E-state index contributed by atoms with van der Waals surface area (Å²) in [5.41, 5.74) is 0.661. The quantitative estimate of drug-likeness (QED) is 0.691. The van der Waals surface area contributed by atoms with Crippen molar-refractivity contribution in [2.45, 2.75) is 32.1 Å². The predicted octanol–water partition coefficient (Wildman–Crippen LogP) is 4.84. The minimum Gasteiger partial charge on any atom is -0.326 e. The van der Waals surface area contributed by atoms with E-state index in [0.717, 1.165) is 10.6 Å². The van der Waals surface area contributed by atoms with Gasteiger partial charge in [0.15, 0.2) is 0 Å². The number of carbonyl (C=O) groups is 2. The van der Waals surface area contributed by atoms with Crippen LogP contribution in [0.4, 0.5) is 11.5 Å². The third-order valence-electron chi connectivity index (χ3n) is 3.17. The normalized spacial score (nSPS) is 11.1. The topological polar surface area (TPSA) is 71.1 Å². The van der Waals surface area contributed by atoms with E-state index in [0.29, 0.717) is 17.3 Å². The van der Waals surface area contributed by atoms with E-state index >= 15 is 0 Å². The summed E-state index contributed by atoms with van der Waals surface area (Å²) in [7, 11) is 0. The van der Waals surface area contributed by atoms with Crippen molar-refractivity contribution >= 4 is 46.7 Å². The number of carbonyl (C=O) groups excluding carboxylic acids is 2. The summed E-state index contributed by atoms with van der Waals surface area (Å²) in [5, 5.41) is 6.13. The van der Waals surface area contributed by atoms with E-state index in [-0.39, 0.29) is 23.0 Å².